The fraction of sp³-hybridized carbons (Fsp3) is 0.176. The molecular formula is C17H14F3N5O. The summed E-state index contributed by atoms with van der Waals surface area (Å²) in [6, 6.07) is 9.53. The standard InChI is InChI=1S/C17H14F3N5O/c1-11(12-6-8-21-9-7-12)23-24-15(26)10-25-14-5-3-2-4-13(14)22-16(25)17(18,19)20/h2-9H,10H2,1H3,(H,24,26)/b23-11-. The molecule has 0 aliphatic carbocycles. The topological polar surface area (TPSA) is 72.2 Å². The number of rotatable bonds is 4. The summed E-state index contributed by atoms with van der Waals surface area (Å²) in [4.78, 5) is 19.6. The molecule has 0 fully saturated rings. The van der Waals surface area contributed by atoms with Crippen molar-refractivity contribution >= 4 is 22.7 Å². The Morgan fingerprint density at radius 1 is 1.19 bits per heavy atom. The van der Waals surface area contributed by atoms with Gasteiger partial charge in [-0.15, -0.1) is 0 Å². The molecule has 0 radical (unpaired) electrons. The number of amides is 1. The molecule has 0 aliphatic rings. The average Bonchev–Trinajstić information content (AvgIpc) is 2.99. The Morgan fingerprint density at radius 2 is 1.88 bits per heavy atom. The number of hydrogen-bond donors (Lipinski definition) is 1. The van der Waals surface area contributed by atoms with Crippen LogP contribution in [0.1, 0.15) is 18.3 Å². The van der Waals surface area contributed by atoms with E-state index < -0.39 is 24.5 Å². The lowest BCUT2D eigenvalue weighted by atomic mass is 10.2. The number of alkyl halides is 3. The van der Waals surface area contributed by atoms with Crippen LogP contribution in [0.25, 0.3) is 11.0 Å². The maximum absolute atomic E-state index is 13.2. The van der Waals surface area contributed by atoms with Gasteiger partial charge in [0.1, 0.15) is 6.54 Å². The van der Waals surface area contributed by atoms with Crippen molar-refractivity contribution in [1.29, 1.82) is 0 Å². The zero-order valence-electron chi connectivity index (χ0n) is 13.7. The van der Waals surface area contributed by atoms with Gasteiger partial charge < -0.3 is 4.57 Å². The van der Waals surface area contributed by atoms with Crippen LogP contribution in [-0.4, -0.2) is 26.2 Å². The van der Waals surface area contributed by atoms with Gasteiger partial charge in [0.25, 0.3) is 5.91 Å². The summed E-state index contributed by atoms with van der Waals surface area (Å²) in [5.74, 6) is -1.81. The molecule has 1 aromatic carbocycles. The van der Waals surface area contributed by atoms with Crippen molar-refractivity contribution in [3.05, 3.63) is 60.2 Å². The third kappa shape index (κ3) is 3.71. The first-order valence-corrected chi connectivity index (χ1v) is 7.62. The molecule has 26 heavy (non-hydrogen) atoms. The van der Waals surface area contributed by atoms with E-state index in [-0.39, 0.29) is 11.0 Å². The molecule has 3 aromatic rings. The number of para-hydroxylation sites is 2. The van der Waals surface area contributed by atoms with Gasteiger partial charge in [-0.1, -0.05) is 12.1 Å². The van der Waals surface area contributed by atoms with E-state index in [1.165, 1.54) is 12.1 Å². The zero-order chi connectivity index (χ0) is 18.7. The van der Waals surface area contributed by atoms with Crippen LogP contribution >= 0.6 is 0 Å². The van der Waals surface area contributed by atoms with Gasteiger partial charge in [0, 0.05) is 18.0 Å². The van der Waals surface area contributed by atoms with Crippen LogP contribution < -0.4 is 5.43 Å². The van der Waals surface area contributed by atoms with E-state index in [2.05, 4.69) is 20.5 Å². The first kappa shape index (κ1) is 17.6. The van der Waals surface area contributed by atoms with E-state index in [0.717, 1.165) is 10.1 Å². The Morgan fingerprint density at radius 3 is 2.58 bits per heavy atom. The highest BCUT2D eigenvalue weighted by molar-refractivity contribution is 5.99. The molecule has 0 atom stereocenters. The van der Waals surface area contributed by atoms with Crippen molar-refractivity contribution in [3.8, 4) is 0 Å². The Balaban J connectivity index is 1.83. The summed E-state index contributed by atoms with van der Waals surface area (Å²) in [5.41, 5.74) is 3.92. The van der Waals surface area contributed by atoms with E-state index >= 15 is 0 Å². The lowest BCUT2D eigenvalue weighted by molar-refractivity contribution is -0.147. The molecule has 0 aliphatic heterocycles. The summed E-state index contributed by atoms with van der Waals surface area (Å²) in [6.45, 7) is 1.12. The Bertz CT molecular complexity index is 963. The second-order valence-corrected chi connectivity index (χ2v) is 5.48. The van der Waals surface area contributed by atoms with Crippen LogP contribution in [0, 0.1) is 0 Å². The maximum atomic E-state index is 13.2. The van der Waals surface area contributed by atoms with Crippen molar-refractivity contribution in [2.45, 2.75) is 19.6 Å². The average molecular weight is 361 g/mol. The van der Waals surface area contributed by atoms with Crippen molar-refractivity contribution in [2.75, 3.05) is 0 Å². The van der Waals surface area contributed by atoms with E-state index in [1.54, 1.807) is 43.6 Å². The predicted molar refractivity (Wildman–Crippen MR) is 89.3 cm³/mol. The smallest absolute Gasteiger partial charge is 0.311 e. The van der Waals surface area contributed by atoms with Gasteiger partial charge in [0.2, 0.25) is 5.82 Å². The SMILES string of the molecule is C/C(=N/NC(=O)Cn1c(C(F)(F)F)nc2ccccc21)c1ccncc1. The molecule has 0 unspecified atom stereocenters. The largest absolute Gasteiger partial charge is 0.449 e. The number of fused-ring (bicyclic) bond motifs is 1. The van der Waals surface area contributed by atoms with E-state index in [1.807, 2.05) is 0 Å². The van der Waals surface area contributed by atoms with Crippen LogP contribution in [-0.2, 0) is 17.5 Å². The fourth-order valence-corrected chi connectivity index (χ4v) is 2.43. The molecule has 2 heterocycles. The lowest BCUT2D eigenvalue weighted by Gasteiger charge is -2.10. The highest BCUT2D eigenvalue weighted by atomic mass is 19.4. The van der Waals surface area contributed by atoms with Crippen molar-refractivity contribution in [2.24, 2.45) is 5.10 Å². The number of imidazole rings is 1. The third-order valence-electron chi connectivity index (χ3n) is 3.66. The van der Waals surface area contributed by atoms with Crippen LogP contribution in [0.2, 0.25) is 0 Å². The Hall–Kier alpha value is -3.23. The van der Waals surface area contributed by atoms with Gasteiger partial charge in [0.05, 0.1) is 16.7 Å². The summed E-state index contributed by atoms with van der Waals surface area (Å²) >= 11 is 0. The summed E-state index contributed by atoms with van der Waals surface area (Å²) < 4.78 is 40.5. The predicted octanol–water partition coefficient (Wildman–Crippen LogP) is 2.99. The number of hydrazone groups is 1. The molecule has 0 bridgehead atoms. The summed E-state index contributed by atoms with van der Waals surface area (Å²) in [5, 5.41) is 3.92. The number of carbonyl (C=O) groups excluding carboxylic acids is 1. The van der Waals surface area contributed by atoms with Gasteiger partial charge in [-0.25, -0.2) is 10.4 Å². The Kier molecular flexibility index (Phi) is 4.70. The normalized spacial score (nSPS) is 12.4. The minimum atomic E-state index is -4.67. The monoisotopic (exact) mass is 361 g/mol. The summed E-state index contributed by atoms with van der Waals surface area (Å²) in [6.07, 6.45) is -1.53. The van der Waals surface area contributed by atoms with Crippen molar-refractivity contribution in [3.63, 3.8) is 0 Å². The van der Waals surface area contributed by atoms with Gasteiger partial charge in [-0.3, -0.25) is 9.78 Å². The van der Waals surface area contributed by atoms with Crippen molar-refractivity contribution < 1.29 is 18.0 Å². The van der Waals surface area contributed by atoms with Crippen LogP contribution in [0.4, 0.5) is 13.2 Å². The molecule has 2 aromatic heterocycles. The minimum absolute atomic E-state index is 0.170. The van der Waals surface area contributed by atoms with Gasteiger partial charge in [-0.05, 0) is 31.2 Å². The fourth-order valence-electron chi connectivity index (χ4n) is 2.43. The second-order valence-electron chi connectivity index (χ2n) is 5.48. The maximum Gasteiger partial charge on any atom is 0.449 e. The van der Waals surface area contributed by atoms with Crippen LogP contribution in [0.3, 0.4) is 0 Å². The molecule has 0 saturated carbocycles. The quantitative estimate of drug-likeness (QED) is 0.574. The lowest BCUT2D eigenvalue weighted by Crippen LogP contribution is -2.27. The number of halogens is 3. The van der Waals surface area contributed by atoms with E-state index in [0.29, 0.717) is 5.71 Å². The summed E-state index contributed by atoms with van der Waals surface area (Å²) in [7, 11) is 0. The molecule has 6 nitrogen and oxygen atoms in total. The highest BCUT2D eigenvalue weighted by Crippen LogP contribution is 2.31. The number of hydrogen-bond acceptors (Lipinski definition) is 4. The van der Waals surface area contributed by atoms with E-state index in [9.17, 15) is 18.0 Å². The number of pyridine rings is 1. The first-order valence-electron chi connectivity index (χ1n) is 7.62. The molecule has 1 N–H and O–H groups in total. The third-order valence-corrected chi connectivity index (χ3v) is 3.66. The molecule has 1 amide bonds. The number of aromatic nitrogens is 3. The van der Waals surface area contributed by atoms with Gasteiger partial charge >= 0.3 is 6.18 Å². The Labute approximate surface area is 146 Å². The number of nitrogens with one attached hydrogen (secondary N) is 1. The van der Waals surface area contributed by atoms with Gasteiger partial charge in [-0.2, -0.15) is 18.3 Å². The second kappa shape index (κ2) is 6.95. The molecule has 9 heteroatoms. The molecule has 3 rings (SSSR count). The molecular weight excluding hydrogens is 347 g/mol. The molecule has 0 saturated heterocycles. The zero-order valence-corrected chi connectivity index (χ0v) is 13.7. The number of nitrogens with zero attached hydrogens (tertiary/aromatic N) is 4. The van der Waals surface area contributed by atoms with Gasteiger partial charge in [0.15, 0.2) is 0 Å². The molecule has 134 valence electrons. The highest BCUT2D eigenvalue weighted by Gasteiger charge is 2.37. The van der Waals surface area contributed by atoms with Crippen molar-refractivity contribution in [1.82, 2.24) is 20.0 Å². The molecule has 0 spiro atoms. The minimum Gasteiger partial charge on any atom is -0.311 e. The van der Waals surface area contributed by atoms with Crippen LogP contribution in [0.15, 0.2) is 53.9 Å². The van der Waals surface area contributed by atoms with Crippen LogP contribution in [0.5, 0.6) is 0 Å². The first-order chi connectivity index (χ1) is 12.4. The number of carbonyl (C=O) groups is 1. The van der Waals surface area contributed by atoms with E-state index in [4.69, 9.17) is 0 Å². The number of benzene rings is 1.